The summed E-state index contributed by atoms with van der Waals surface area (Å²) in [5, 5.41) is 9.36. The van der Waals surface area contributed by atoms with Crippen molar-refractivity contribution in [2.24, 2.45) is 5.73 Å². The minimum Gasteiger partial charge on any atom is -0.339 e. The van der Waals surface area contributed by atoms with Gasteiger partial charge in [-0.25, -0.2) is 4.98 Å². The molecule has 24 heavy (non-hydrogen) atoms. The topological polar surface area (TPSA) is 107 Å². The zero-order valence-corrected chi connectivity index (χ0v) is 15.2. The molecule has 3 rings (SSSR count). The highest BCUT2D eigenvalue weighted by atomic mass is 35.5. The van der Waals surface area contributed by atoms with Gasteiger partial charge in [0.2, 0.25) is 5.89 Å². The fourth-order valence-corrected chi connectivity index (χ4v) is 3.45. The van der Waals surface area contributed by atoms with Crippen LogP contribution in [0.5, 0.6) is 0 Å². The summed E-state index contributed by atoms with van der Waals surface area (Å²) in [6.45, 7) is 2.16. The van der Waals surface area contributed by atoms with Crippen LogP contribution in [0.2, 0.25) is 0 Å². The van der Waals surface area contributed by atoms with E-state index in [1.165, 1.54) is 30.6 Å². The third kappa shape index (κ3) is 4.31. The molecule has 1 aliphatic rings. The second-order valence-corrected chi connectivity index (χ2v) is 6.79. The smallest absolute Gasteiger partial charge is 0.271 e. The van der Waals surface area contributed by atoms with Crippen LogP contribution in [0.15, 0.2) is 9.90 Å². The fourth-order valence-electron chi connectivity index (χ4n) is 2.79. The van der Waals surface area contributed by atoms with Crippen LogP contribution in [0.4, 0.5) is 0 Å². The first kappa shape index (κ1) is 18.8. The lowest BCUT2D eigenvalue weighted by atomic mass is 9.89. The molecule has 1 aliphatic carbocycles. The lowest BCUT2D eigenvalue weighted by molar-refractivity contribution is 0.0928. The molecule has 9 heteroatoms. The average Bonchev–Trinajstić information content (AvgIpc) is 3.25. The number of nitrogens with zero attached hydrogens (tertiary/aromatic N) is 3. The second-order valence-electron chi connectivity index (χ2n) is 5.85. The number of carbonyl (C=O) groups excluding carboxylic acids is 1. The molecule has 0 bridgehead atoms. The number of amides is 1. The summed E-state index contributed by atoms with van der Waals surface area (Å²) in [7, 11) is 0. The van der Waals surface area contributed by atoms with Crippen molar-refractivity contribution in [3.63, 3.8) is 0 Å². The third-order valence-corrected chi connectivity index (χ3v) is 4.98. The Labute approximate surface area is 150 Å². The third-order valence-electron chi connectivity index (χ3n) is 4.10. The Hall–Kier alpha value is -1.51. The summed E-state index contributed by atoms with van der Waals surface area (Å²) < 4.78 is 5.33. The summed E-state index contributed by atoms with van der Waals surface area (Å²) in [5.74, 6) is 1.33. The van der Waals surface area contributed by atoms with Gasteiger partial charge in [-0.1, -0.05) is 24.4 Å². The maximum absolute atomic E-state index is 12.2. The molecular formula is C15H22ClN5O2S. The molecule has 2 aromatic rings. The number of hydrogen-bond donors (Lipinski definition) is 2. The molecule has 1 amide bonds. The van der Waals surface area contributed by atoms with Gasteiger partial charge in [-0.15, -0.1) is 23.7 Å². The van der Waals surface area contributed by atoms with Gasteiger partial charge >= 0.3 is 0 Å². The highest BCUT2D eigenvalue weighted by Gasteiger charge is 2.24. The summed E-state index contributed by atoms with van der Waals surface area (Å²) >= 11 is 1.38. The molecule has 0 spiro atoms. The van der Waals surface area contributed by atoms with Gasteiger partial charge < -0.3 is 15.6 Å². The van der Waals surface area contributed by atoms with Crippen LogP contribution in [0.3, 0.4) is 0 Å². The molecule has 7 nitrogen and oxygen atoms in total. The van der Waals surface area contributed by atoms with Crippen LogP contribution in [-0.4, -0.2) is 21.0 Å². The number of nitrogens with one attached hydrogen (secondary N) is 1. The number of thiazole rings is 1. The van der Waals surface area contributed by atoms with Crippen LogP contribution in [0.1, 0.15) is 78.2 Å². The molecule has 1 atom stereocenters. The van der Waals surface area contributed by atoms with E-state index in [-0.39, 0.29) is 24.4 Å². The minimum absolute atomic E-state index is 0. The zero-order chi connectivity index (χ0) is 16.2. The van der Waals surface area contributed by atoms with Crippen molar-refractivity contribution in [3.05, 3.63) is 27.8 Å². The number of halogens is 1. The fraction of sp³-hybridized carbons (Fsp3) is 0.600. The predicted octanol–water partition coefficient (Wildman–Crippen LogP) is 2.95. The van der Waals surface area contributed by atoms with E-state index in [1.807, 2.05) is 6.92 Å². The highest BCUT2D eigenvalue weighted by molar-refractivity contribution is 7.09. The summed E-state index contributed by atoms with van der Waals surface area (Å²) in [4.78, 5) is 20.8. The molecule has 0 radical (unpaired) electrons. The van der Waals surface area contributed by atoms with Crippen molar-refractivity contribution in [1.82, 2.24) is 20.4 Å². The molecule has 2 aromatic heterocycles. The van der Waals surface area contributed by atoms with E-state index >= 15 is 0 Å². The zero-order valence-electron chi connectivity index (χ0n) is 13.5. The van der Waals surface area contributed by atoms with Gasteiger partial charge in [0.15, 0.2) is 5.82 Å². The van der Waals surface area contributed by atoms with Gasteiger partial charge in [-0.05, 0) is 19.8 Å². The Kier molecular flexibility index (Phi) is 6.70. The molecule has 2 heterocycles. The summed E-state index contributed by atoms with van der Waals surface area (Å²) in [6.07, 6.45) is 5.94. The standard InChI is InChI=1S/C15H21N5O2S.ClH/c1-9(17-14(21)11-8-23-12(7-16)18-11)15-19-13(20-22-15)10-5-3-2-4-6-10;/h8-10H,2-7,16H2,1H3,(H,17,21);1H. The van der Waals surface area contributed by atoms with Crippen molar-refractivity contribution in [2.45, 2.75) is 57.5 Å². The quantitative estimate of drug-likeness (QED) is 0.836. The molecule has 1 saturated carbocycles. The number of rotatable bonds is 5. The maximum atomic E-state index is 12.2. The second kappa shape index (κ2) is 8.55. The Balaban J connectivity index is 0.00000208. The van der Waals surface area contributed by atoms with Gasteiger partial charge in [0.05, 0.1) is 0 Å². The van der Waals surface area contributed by atoms with Crippen molar-refractivity contribution in [3.8, 4) is 0 Å². The Morgan fingerprint density at radius 1 is 1.42 bits per heavy atom. The Bertz CT molecular complexity index is 668. The van der Waals surface area contributed by atoms with Crippen LogP contribution in [0, 0.1) is 0 Å². The molecule has 132 valence electrons. The van der Waals surface area contributed by atoms with Crippen molar-refractivity contribution < 1.29 is 9.32 Å². The number of carbonyl (C=O) groups is 1. The molecule has 1 fully saturated rings. The van der Waals surface area contributed by atoms with Crippen molar-refractivity contribution in [2.75, 3.05) is 0 Å². The van der Waals surface area contributed by atoms with E-state index in [9.17, 15) is 4.79 Å². The highest BCUT2D eigenvalue weighted by Crippen LogP contribution is 2.31. The van der Waals surface area contributed by atoms with Gasteiger partial charge in [0.1, 0.15) is 16.7 Å². The van der Waals surface area contributed by atoms with Crippen molar-refractivity contribution >= 4 is 29.7 Å². The first-order valence-electron chi connectivity index (χ1n) is 7.96. The minimum atomic E-state index is -0.352. The van der Waals surface area contributed by atoms with Crippen LogP contribution >= 0.6 is 23.7 Å². The molecular weight excluding hydrogens is 350 g/mol. The lowest BCUT2D eigenvalue weighted by Crippen LogP contribution is -2.27. The maximum Gasteiger partial charge on any atom is 0.271 e. The van der Waals surface area contributed by atoms with E-state index < -0.39 is 0 Å². The number of nitrogens with two attached hydrogens (primary N) is 1. The SMILES string of the molecule is CC(NC(=O)c1csc(CN)n1)c1nc(C2CCCCC2)no1.Cl. The molecule has 0 aliphatic heterocycles. The number of hydrogen-bond acceptors (Lipinski definition) is 7. The van der Waals surface area contributed by atoms with E-state index in [2.05, 4.69) is 20.4 Å². The van der Waals surface area contributed by atoms with E-state index in [0.717, 1.165) is 23.7 Å². The first-order valence-corrected chi connectivity index (χ1v) is 8.84. The molecule has 3 N–H and O–H groups in total. The van der Waals surface area contributed by atoms with E-state index in [4.69, 9.17) is 10.3 Å². The van der Waals surface area contributed by atoms with Crippen LogP contribution < -0.4 is 11.1 Å². The monoisotopic (exact) mass is 371 g/mol. The van der Waals surface area contributed by atoms with Crippen LogP contribution in [0.25, 0.3) is 0 Å². The van der Waals surface area contributed by atoms with Gasteiger partial charge in [0, 0.05) is 17.8 Å². The van der Waals surface area contributed by atoms with Crippen LogP contribution in [-0.2, 0) is 6.54 Å². The van der Waals surface area contributed by atoms with Gasteiger partial charge in [-0.3, -0.25) is 4.79 Å². The van der Waals surface area contributed by atoms with E-state index in [1.54, 1.807) is 5.38 Å². The summed E-state index contributed by atoms with van der Waals surface area (Å²) in [5.41, 5.74) is 5.88. The molecule has 1 unspecified atom stereocenters. The number of aromatic nitrogens is 3. The van der Waals surface area contributed by atoms with Gasteiger partial charge in [0.25, 0.3) is 5.91 Å². The van der Waals surface area contributed by atoms with Gasteiger partial charge in [-0.2, -0.15) is 4.98 Å². The average molecular weight is 372 g/mol. The lowest BCUT2D eigenvalue weighted by Gasteiger charge is -2.17. The molecule has 0 saturated heterocycles. The van der Waals surface area contributed by atoms with E-state index in [0.29, 0.717) is 24.0 Å². The van der Waals surface area contributed by atoms with Crippen molar-refractivity contribution in [1.29, 1.82) is 0 Å². The Morgan fingerprint density at radius 3 is 2.83 bits per heavy atom. The summed E-state index contributed by atoms with van der Waals surface area (Å²) in [6, 6.07) is -0.352. The largest absolute Gasteiger partial charge is 0.339 e. The first-order chi connectivity index (χ1) is 11.2. The Morgan fingerprint density at radius 2 is 2.17 bits per heavy atom. The normalized spacial score (nSPS) is 16.4. The predicted molar refractivity (Wildman–Crippen MR) is 93.3 cm³/mol. The molecule has 0 aromatic carbocycles.